The summed E-state index contributed by atoms with van der Waals surface area (Å²) in [6.07, 6.45) is -10.2. The number of phenolic OH excluding ortho intramolecular Hbond substituents is 3. The van der Waals surface area contributed by atoms with Gasteiger partial charge in [0.15, 0.2) is 17.2 Å². The maximum absolute atomic E-state index is 12.8. The van der Waals surface area contributed by atoms with Crippen LogP contribution in [0.1, 0.15) is 11.1 Å². The minimum absolute atomic E-state index is 0.0981. The first kappa shape index (κ1) is 20.0. The number of rotatable bonds is 2. The van der Waals surface area contributed by atoms with Gasteiger partial charge in [0, 0.05) is 17.8 Å². The second kappa shape index (κ2) is 6.78. The van der Waals surface area contributed by atoms with Crippen LogP contribution in [0, 0.1) is 0 Å². The van der Waals surface area contributed by atoms with E-state index in [0.717, 1.165) is 12.1 Å². The Morgan fingerprint density at radius 3 is 1.44 bits per heavy atom. The largest absolute Gasteiger partial charge is 0.504 e. The van der Waals surface area contributed by atoms with Crippen molar-refractivity contribution in [1.82, 2.24) is 0 Å². The van der Waals surface area contributed by atoms with Gasteiger partial charge in [-0.05, 0) is 18.2 Å². The molecule has 12 heteroatoms. The number of hydrogen-bond donors (Lipinski definition) is 5. The molecule has 0 unspecified atom stereocenters. The average Bonchev–Trinajstić information content (AvgIpc) is 2.50. The van der Waals surface area contributed by atoms with Crippen LogP contribution < -0.4 is 10.6 Å². The molecule has 27 heavy (non-hydrogen) atoms. The Morgan fingerprint density at radius 2 is 1.07 bits per heavy atom. The van der Waals surface area contributed by atoms with Crippen molar-refractivity contribution in [2.24, 2.45) is 0 Å². The fraction of sp³-hybridized carbons (Fsp3) is 0.133. The number of alkyl halides is 6. The fourth-order valence-corrected chi connectivity index (χ4v) is 2.00. The number of urea groups is 1. The summed E-state index contributed by atoms with van der Waals surface area (Å²) >= 11 is 0. The molecule has 0 radical (unpaired) electrons. The minimum atomic E-state index is -5.08. The zero-order chi connectivity index (χ0) is 20.6. The molecule has 0 aliphatic rings. The highest BCUT2D eigenvalue weighted by molar-refractivity contribution is 6.00. The molecule has 0 fully saturated rings. The quantitative estimate of drug-likeness (QED) is 0.293. The summed E-state index contributed by atoms with van der Waals surface area (Å²) in [6.45, 7) is 0. The molecular weight excluding hydrogens is 386 g/mol. The van der Waals surface area contributed by atoms with Crippen LogP contribution in [0.4, 0.5) is 42.5 Å². The fourth-order valence-electron chi connectivity index (χ4n) is 2.00. The van der Waals surface area contributed by atoms with E-state index in [-0.39, 0.29) is 11.8 Å². The second-order valence-electron chi connectivity index (χ2n) is 5.24. The molecule has 6 nitrogen and oxygen atoms in total. The number of benzene rings is 2. The van der Waals surface area contributed by atoms with Crippen molar-refractivity contribution < 1.29 is 46.5 Å². The highest BCUT2D eigenvalue weighted by atomic mass is 19.4. The summed E-state index contributed by atoms with van der Waals surface area (Å²) < 4.78 is 76.6. The number of hydrogen-bond acceptors (Lipinski definition) is 4. The van der Waals surface area contributed by atoms with E-state index in [1.165, 1.54) is 0 Å². The molecule has 2 rings (SSSR count). The molecule has 5 N–H and O–H groups in total. The van der Waals surface area contributed by atoms with E-state index in [1.54, 1.807) is 5.32 Å². The van der Waals surface area contributed by atoms with Crippen molar-refractivity contribution in [3.63, 3.8) is 0 Å². The predicted molar refractivity (Wildman–Crippen MR) is 80.5 cm³/mol. The van der Waals surface area contributed by atoms with Crippen LogP contribution in [0.3, 0.4) is 0 Å². The predicted octanol–water partition coefficient (Wildman–Crippen LogP) is 4.49. The van der Waals surface area contributed by atoms with Gasteiger partial charge in [-0.1, -0.05) is 0 Å². The number of amides is 2. The molecule has 0 aromatic heterocycles. The van der Waals surface area contributed by atoms with Gasteiger partial charge in [0.25, 0.3) is 0 Å². The number of anilines is 2. The van der Waals surface area contributed by atoms with Crippen molar-refractivity contribution in [2.75, 3.05) is 10.6 Å². The van der Waals surface area contributed by atoms with E-state index in [2.05, 4.69) is 0 Å². The van der Waals surface area contributed by atoms with E-state index in [4.69, 9.17) is 0 Å². The monoisotopic (exact) mass is 396 g/mol. The van der Waals surface area contributed by atoms with Gasteiger partial charge in [0.05, 0.1) is 16.8 Å². The summed E-state index contributed by atoms with van der Waals surface area (Å²) in [6, 6.07) is 0.844. The van der Waals surface area contributed by atoms with Gasteiger partial charge in [-0.3, -0.25) is 0 Å². The number of phenols is 3. The van der Waals surface area contributed by atoms with Crippen molar-refractivity contribution in [3.8, 4) is 17.2 Å². The second-order valence-corrected chi connectivity index (χ2v) is 5.24. The number of carbonyl (C=O) groups is 1. The lowest BCUT2D eigenvalue weighted by atomic mass is 10.1. The molecule has 2 amide bonds. The van der Waals surface area contributed by atoms with Crippen LogP contribution in [0.2, 0.25) is 0 Å². The van der Waals surface area contributed by atoms with E-state index in [0.29, 0.717) is 12.1 Å². The van der Waals surface area contributed by atoms with Crippen LogP contribution in [0.15, 0.2) is 30.3 Å². The topological polar surface area (TPSA) is 102 Å². The number of nitrogens with one attached hydrogen (secondary N) is 2. The molecule has 146 valence electrons. The zero-order valence-electron chi connectivity index (χ0n) is 12.9. The van der Waals surface area contributed by atoms with E-state index in [1.807, 2.05) is 5.32 Å². The molecule has 0 bridgehead atoms. The smallest absolute Gasteiger partial charge is 0.416 e. The highest BCUT2D eigenvalue weighted by Crippen LogP contribution is 2.38. The lowest BCUT2D eigenvalue weighted by Gasteiger charge is -2.15. The molecule has 0 spiro atoms. The molecule has 0 aliphatic carbocycles. The SMILES string of the molecule is O=C(Nc1cc(C(F)(F)F)cc(C(F)(F)F)c1)Nc1cc(O)c(O)c(O)c1. The number of carbonyl (C=O) groups excluding carboxylic acids is 1. The first-order chi connectivity index (χ1) is 12.3. The van der Waals surface area contributed by atoms with Gasteiger partial charge in [0.2, 0.25) is 0 Å². The Kier molecular flexibility index (Phi) is 5.02. The summed E-state index contributed by atoms with van der Waals surface area (Å²) in [7, 11) is 0. The van der Waals surface area contributed by atoms with E-state index < -0.39 is 52.4 Å². The van der Waals surface area contributed by atoms with Gasteiger partial charge in [-0.2, -0.15) is 26.3 Å². The molecular formula is C15H10F6N2O4. The summed E-state index contributed by atoms with van der Waals surface area (Å²) in [5.74, 6) is -2.51. The highest BCUT2D eigenvalue weighted by Gasteiger charge is 2.37. The van der Waals surface area contributed by atoms with E-state index in [9.17, 15) is 46.5 Å². The summed E-state index contributed by atoms with van der Waals surface area (Å²) in [5.41, 5.74) is -4.31. The van der Waals surface area contributed by atoms with Gasteiger partial charge >= 0.3 is 18.4 Å². The number of halogens is 6. The zero-order valence-corrected chi connectivity index (χ0v) is 12.9. The molecule has 2 aromatic carbocycles. The van der Waals surface area contributed by atoms with Crippen molar-refractivity contribution >= 4 is 17.4 Å². The average molecular weight is 396 g/mol. The standard InChI is InChI=1S/C15H10F6N2O4/c16-14(17,18)6-1-7(15(19,20)21)3-8(2-6)22-13(27)23-9-4-10(24)12(26)11(25)5-9/h1-5,24-26H,(H2,22,23,27). The first-order valence-electron chi connectivity index (χ1n) is 6.90. The third kappa shape index (κ3) is 4.86. The van der Waals surface area contributed by atoms with Crippen LogP contribution in [-0.2, 0) is 12.4 Å². The molecule has 0 saturated heterocycles. The third-order valence-electron chi connectivity index (χ3n) is 3.17. The maximum atomic E-state index is 12.8. The Balaban J connectivity index is 2.29. The molecule has 2 aromatic rings. The molecule has 0 aliphatic heterocycles. The summed E-state index contributed by atoms with van der Waals surface area (Å²) in [5, 5.41) is 31.5. The van der Waals surface area contributed by atoms with E-state index >= 15 is 0 Å². The van der Waals surface area contributed by atoms with Crippen molar-refractivity contribution in [2.45, 2.75) is 12.4 Å². The molecule has 0 saturated carbocycles. The van der Waals surface area contributed by atoms with Crippen LogP contribution in [0.25, 0.3) is 0 Å². The normalized spacial score (nSPS) is 11.9. The van der Waals surface area contributed by atoms with Crippen LogP contribution >= 0.6 is 0 Å². The lowest BCUT2D eigenvalue weighted by Crippen LogP contribution is -2.20. The Labute approximate surface area is 146 Å². The summed E-state index contributed by atoms with van der Waals surface area (Å²) in [4.78, 5) is 11.8. The van der Waals surface area contributed by atoms with Gasteiger partial charge < -0.3 is 26.0 Å². The minimum Gasteiger partial charge on any atom is -0.504 e. The third-order valence-corrected chi connectivity index (χ3v) is 3.17. The molecule has 0 atom stereocenters. The van der Waals surface area contributed by atoms with Crippen molar-refractivity contribution in [3.05, 3.63) is 41.5 Å². The lowest BCUT2D eigenvalue weighted by molar-refractivity contribution is -0.143. The maximum Gasteiger partial charge on any atom is 0.416 e. The van der Waals surface area contributed by atoms with Crippen LogP contribution in [-0.4, -0.2) is 21.4 Å². The van der Waals surface area contributed by atoms with Crippen LogP contribution in [0.5, 0.6) is 17.2 Å². The first-order valence-corrected chi connectivity index (χ1v) is 6.90. The van der Waals surface area contributed by atoms with Crippen molar-refractivity contribution in [1.29, 1.82) is 0 Å². The number of aromatic hydroxyl groups is 3. The Bertz CT molecular complexity index is 824. The van der Waals surface area contributed by atoms with Gasteiger partial charge in [-0.15, -0.1) is 0 Å². The van der Waals surface area contributed by atoms with Gasteiger partial charge in [-0.25, -0.2) is 4.79 Å². The van der Waals surface area contributed by atoms with Gasteiger partial charge in [0.1, 0.15) is 0 Å². The Morgan fingerprint density at radius 1 is 0.704 bits per heavy atom. The molecule has 0 heterocycles. The Hall–Kier alpha value is -3.31.